The van der Waals surface area contributed by atoms with Crippen molar-refractivity contribution in [2.24, 2.45) is 0 Å². The van der Waals surface area contributed by atoms with Gasteiger partial charge in [0.1, 0.15) is 4.90 Å². The predicted octanol–water partition coefficient (Wildman–Crippen LogP) is 1.08. The van der Waals surface area contributed by atoms with Gasteiger partial charge in [0.15, 0.2) is 0 Å². The lowest BCUT2D eigenvalue weighted by atomic mass is 9.95. The second kappa shape index (κ2) is 6.10. The Morgan fingerprint density at radius 2 is 2.05 bits per heavy atom. The van der Waals surface area contributed by atoms with E-state index in [1.165, 1.54) is 25.2 Å². The first-order valence-electron chi connectivity index (χ1n) is 6.56. The summed E-state index contributed by atoms with van der Waals surface area (Å²) >= 11 is 5.96. The normalized spacial score (nSPS) is 18.9. The molecule has 1 heterocycles. The molecule has 0 aromatic heterocycles. The molecule has 0 radical (unpaired) electrons. The molecule has 1 aromatic rings. The highest BCUT2D eigenvalue weighted by atomic mass is 35.5. The number of likely N-dealkylation sites (N-methyl/N-ethyl adjacent to an activating group) is 1. The number of rotatable bonds is 4. The molecule has 0 spiro atoms. The van der Waals surface area contributed by atoms with E-state index >= 15 is 0 Å². The lowest BCUT2D eigenvalue weighted by Crippen LogP contribution is -2.47. The maximum atomic E-state index is 12.6. The monoisotopic (exact) mass is 334 g/mol. The van der Waals surface area contributed by atoms with Crippen molar-refractivity contribution in [1.29, 1.82) is 0 Å². The summed E-state index contributed by atoms with van der Waals surface area (Å²) in [5.74, 6) is 0. The van der Waals surface area contributed by atoms with Crippen LogP contribution in [0.3, 0.4) is 0 Å². The summed E-state index contributed by atoms with van der Waals surface area (Å²) in [4.78, 5) is -0.0534. The Hall–Kier alpha value is -0.860. The molecule has 1 aromatic carbocycles. The number of benzene rings is 1. The van der Waals surface area contributed by atoms with Crippen molar-refractivity contribution in [2.45, 2.75) is 23.3 Å². The van der Waals surface area contributed by atoms with Crippen molar-refractivity contribution in [3.63, 3.8) is 0 Å². The van der Waals surface area contributed by atoms with Gasteiger partial charge < -0.3 is 15.6 Å². The minimum absolute atomic E-state index is 0.0101. The Kier molecular flexibility index (Phi) is 4.79. The van der Waals surface area contributed by atoms with E-state index in [1.54, 1.807) is 0 Å². The van der Waals surface area contributed by atoms with Crippen molar-refractivity contribution in [3.8, 4) is 0 Å². The second-order valence-corrected chi connectivity index (χ2v) is 7.71. The number of nitrogens with zero attached hydrogens (tertiary/aromatic N) is 1. The van der Waals surface area contributed by atoms with E-state index in [0.717, 1.165) is 4.31 Å². The number of anilines is 1. The maximum absolute atomic E-state index is 12.6. The van der Waals surface area contributed by atoms with E-state index < -0.39 is 15.6 Å². The Morgan fingerprint density at radius 1 is 1.43 bits per heavy atom. The van der Waals surface area contributed by atoms with E-state index in [0.29, 0.717) is 31.7 Å². The third kappa shape index (κ3) is 3.67. The fraction of sp³-hybridized carbons (Fsp3) is 0.538. The number of nitrogens with two attached hydrogens (primary N) is 1. The summed E-state index contributed by atoms with van der Waals surface area (Å²) in [6.45, 7) is 0.830. The Labute approximate surface area is 129 Å². The molecule has 0 atom stereocenters. The van der Waals surface area contributed by atoms with Gasteiger partial charge in [-0.05, 0) is 18.2 Å². The molecular formula is C13H19ClN2O4S. The van der Waals surface area contributed by atoms with Crippen molar-refractivity contribution in [1.82, 2.24) is 4.31 Å². The summed E-state index contributed by atoms with van der Waals surface area (Å²) in [5.41, 5.74) is 4.87. The first kappa shape index (κ1) is 16.5. The summed E-state index contributed by atoms with van der Waals surface area (Å²) in [7, 11) is -2.39. The van der Waals surface area contributed by atoms with E-state index in [-0.39, 0.29) is 16.5 Å². The van der Waals surface area contributed by atoms with Gasteiger partial charge >= 0.3 is 0 Å². The van der Waals surface area contributed by atoms with Crippen LogP contribution in [0.2, 0.25) is 5.02 Å². The molecule has 1 fully saturated rings. The van der Waals surface area contributed by atoms with E-state index in [2.05, 4.69) is 0 Å². The van der Waals surface area contributed by atoms with E-state index in [9.17, 15) is 13.5 Å². The van der Waals surface area contributed by atoms with Crippen molar-refractivity contribution in [2.75, 3.05) is 32.5 Å². The van der Waals surface area contributed by atoms with E-state index in [4.69, 9.17) is 22.1 Å². The lowest BCUT2D eigenvalue weighted by molar-refractivity contribution is -0.0689. The molecule has 0 unspecified atom stereocenters. The molecule has 3 N–H and O–H groups in total. The van der Waals surface area contributed by atoms with Crippen molar-refractivity contribution < 1.29 is 18.3 Å². The lowest BCUT2D eigenvalue weighted by Gasteiger charge is -2.35. The maximum Gasteiger partial charge on any atom is 0.244 e. The molecule has 6 nitrogen and oxygen atoms in total. The molecule has 0 aliphatic carbocycles. The van der Waals surface area contributed by atoms with Gasteiger partial charge in [0.05, 0.1) is 10.6 Å². The first-order valence-corrected chi connectivity index (χ1v) is 8.38. The van der Waals surface area contributed by atoms with Crippen LogP contribution >= 0.6 is 11.6 Å². The molecular weight excluding hydrogens is 316 g/mol. The second-order valence-electron chi connectivity index (χ2n) is 5.29. The minimum atomic E-state index is -3.81. The highest BCUT2D eigenvalue weighted by molar-refractivity contribution is 7.89. The Balaban J connectivity index is 2.24. The predicted molar refractivity (Wildman–Crippen MR) is 80.7 cm³/mol. The quantitative estimate of drug-likeness (QED) is 0.804. The molecule has 0 bridgehead atoms. The minimum Gasteiger partial charge on any atom is -0.399 e. The first-order chi connectivity index (χ1) is 9.74. The molecule has 118 valence electrons. The zero-order chi connectivity index (χ0) is 15.7. The molecule has 21 heavy (non-hydrogen) atoms. The van der Waals surface area contributed by atoms with Crippen LogP contribution in [0.4, 0.5) is 5.69 Å². The van der Waals surface area contributed by atoms with Crippen LogP contribution in [-0.4, -0.2) is 50.2 Å². The van der Waals surface area contributed by atoms with Gasteiger partial charge in [-0.2, -0.15) is 4.31 Å². The van der Waals surface area contributed by atoms with Crippen LogP contribution in [0.15, 0.2) is 23.1 Å². The van der Waals surface area contributed by atoms with E-state index in [1.807, 2.05) is 0 Å². The third-order valence-corrected chi connectivity index (χ3v) is 5.87. The van der Waals surface area contributed by atoms with Gasteiger partial charge in [0.2, 0.25) is 10.0 Å². The van der Waals surface area contributed by atoms with Gasteiger partial charge in [-0.25, -0.2) is 8.42 Å². The third-order valence-electron chi connectivity index (χ3n) is 3.58. The standard InChI is InChI=1S/C13H19ClN2O4S/c1-16(9-13(17)4-6-20-7-5-13)21(18,19)12-8-10(15)2-3-11(12)14/h2-3,8,17H,4-7,9,15H2,1H3. The van der Waals surface area contributed by atoms with Gasteiger partial charge in [-0.15, -0.1) is 0 Å². The topological polar surface area (TPSA) is 92.9 Å². The summed E-state index contributed by atoms with van der Waals surface area (Å²) in [6.07, 6.45) is 0.801. The number of hydrogen-bond acceptors (Lipinski definition) is 5. The molecule has 1 saturated heterocycles. The summed E-state index contributed by atoms with van der Waals surface area (Å²) in [5, 5.41) is 10.5. The van der Waals surface area contributed by atoms with Gasteiger partial charge in [0.25, 0.3) is 0 Å². The van der Waals surface area contributed by atoms with Crippen molar-refractivity contribution in [3.05, 3.63) is 23.2 Å². The van der Waals surface area contributed by atoms with Crippen LogP contribution < -0.4 is 5.73 Å². The summed E-state index contributed by atoms with van der Waals surface area (Å²) < 4.78 is 31.4. The van der Waals surface area contributed by atoms with Gasteiger partial charge in [-0.1, -0.05) is 11.6 Å². The number of aliphatic hydroxyl groups is 1. The van der Waals surface area contributed by atoms with Crippen LogP contribution in [-0.2, 0) is 14.8 Å². The zero-order valence-corrected chi connectivity index (χ0v) is 13.3. The molecule has 2 rings (SSSR count). The molecule has 8 heteroatoms. The molecule has 0 amide bonds. The molecule has 1 aliphatic heterocycles. The van der Waals surface area contributed by atoms with Gasteiger partial charge in [-0.3, -0.25) is 0 Å². The number of nitrogen functional groups attached to an aromatic ring is 1. The molecule has 0 saturated carbocycles. The van der Waals surface area contributed by atoms with Crippen LogP contribution in [0, 0.1) is 0 Å². The number of ether oxygens (including phenoxy) is 1. The highest BCUT2D eigenvalue weighted by Crippen LogP contribution is 2.28. The smallest absolute Gasteiger partial charge is 0.244 e. The Morgan fingerprint density at radius 3 is 2.67 bits per heavy atom. The zero-order valence-electron chi connectivity index (χ0n) is 11.8. The Bertz CT molecular complexity index is 615. The van der Waals surface area contributed by atoms with Crippen LogP contribution in [0.5, 0.6) is 0 Å². The molecule has 1 aliphatic rings. The fourth-order valence-electron chi connectivity index (χ4n) is 2.29. The fourth-order valence-corrected chi connectivity index (χ4v) is 4.05. The van der Waals surface area contributed by atoms with Crippen molar-refractivity contribution >= 4 is 27.3 Å². The summed E-state index contributed by atoms with van der Waals surface area (Å²) in [6, 6.07) is 4.30. The number of hydrogen-bond donors (Lipinski definition) is 2. The SMILES string of the molecule is CN(CC1(O)CCOCC1)S(=O)(=O)c1cc(N)ccc1Cl. The average Bonchev–Trinajstić information content (AvgIpc) is 2.41. The highest BCUT2D eigenvalue weighted by Gasteiger charge is 2.35. The van der Waals surface area contributed by atoms with Gasteiger partial charge in [0, 0.05) is 45.3 Å². The number of sulfonamides is 1. The number of halogens is 1. The van der Waals surface area contributed by atoms with Crippen LogP contribution in [0.1, 0.15) is 12.8 Å². The average molecular weight is 335 g/mol. The van der Waals surface area contributed by atoms with Crippen LogP contribution in [0.25, 0.3) is 0 Å². The largest absolute Gasteiger partial charge is 0.399 e.